The van der Waals surface area contributed by atoms with Gasteiger partial charge in [0.2, 0.25) is 0 Å². The molecule has 0 aromatic carbocycles. The monoisotopic (exact) mass is 243 g/mol. The summed E-state index contributed by atoms with van der Waals surface area (Å²) in [5.41, 5.74) is 1.77. The van der Waals surface area contributed by atoms with Gasteiger partial charge in [-0.05, 0) is 6.42 Å². The van der Waals surface area contributed by atoms with E-state index in [1.165, 1.54) is 6.33 Å². The van der Waals surface area contributed by atoms with Crippen LogP contribution in [0.4, 0.5) is 5.82 Å². The number of nitrogens with one attached hydrogen (secondary N) is 1. The van der Waals surface area contributed by atoms with E-state index in [2.05, 4.69) is 32.2 Å². The number of hydrogen-bond acceptors (Lipinski definition) is 5. The maximum atomic E-state index is 4.50. The molecule has 2 aromatic rings. The number of aromatic nitrogens is 4. The molecule has 0 spiro atoms. The Labute approximate surface area is 107 Å². The third-order valence-corrected chi connectivity index (χ3v) is 2.50. The molecule has 0 unspecified atom stereocenters. The van der Waals surface area contributed by atoms with Gasteiger partial charge in [0.25, 0.3) is 0 Å². The molecule has 0 aliphatic heterocycles. The topological polar surface area (TPSA) is 63.6 Å². The summed E-state index contributed by atoms with van der Waals surface area (Å²) in [4.78, 5) is 17.0. The number of anilines is 1. The molecule has 1 N–H and O–H groups in total. The lowest BCUT2D eigenvalue weighted by atomic mass is 10.2. The summed E-state index contributed by atoms with van der Waals surface area (Å²) >= 11 is 0. The molecule has 0 saturated carbocycles. The Morgan fingerprint density at radius 2 is 1.89 bits per heavy atom. The molecule has 18 heavy (non-hydrogen) atoms. The zero-order chi connectivity index (χ0) is 12.8. The van der Waals surface area contributed by atoms with Crippen LogP contribution in [-0.2, 0) is 6.42 Å². The van der Waals surface area contributed by atoms with Crippen LogP contribution in [0.3, 0.4) is 0 Å². The minimum Gasteiger partial charge on any atom is -0.370 e. The molecule has 0 aliphatic carbocycles. The fourth-order valence-electron chi connectivity index (χ4n) is 1.58. The summed E-state index contributed by atoms with van der Waals surface area (Å²) in [5, 5.41) is 3.29. The van der Waals surface area contributed by atoms with Gasteiger partial charge in [0, 0.05) is 37.0 Å². The molecule has 2 rings (SSSR count). The molecule has 94 valence electrons. The van der Waals surface area contributed by atoms with E-state index in [1.807, 2.05) is 13.0 Å². The van der Waals surface area contributed by atoms with Crippen molar-refractivity contribution in [3.8, 4) is 11.3 Å². The second-order valence-electron chi connectivity index (χ2n) is 3.96. The van der Waals surface area contributed by atoms with E-state index in [0.29, 0.717) is 0 Å². The molecular formula is C13H17N5. The molecule has 0 atom stereocenters. The highest BCUT2D eigenvalue weighted by Crippen LogP contribution is 2.18. The van der Waals surface area contributed by atoms with Crippen LogP contribution in [-0.4, -0.2) is 26.5 Å². The summed E-state index contributed by atoms with van der Waals surface area (Å²) in [7, 11) is 0. The van der Waals surface area contributed by atoms with Gasteiger partial charge in [-0.2, -0.15) is 0 Å². The normalized spacial score (nSPS) is 10.3. The highest BCUT2D eigenvalue weighted by atomic mass is 15.0. The van der Waals surface area contributed by atoms with Crippen molar-refractivity contribution in [2.75, 3.05) is 11.9 Å². The van der Waals surface area contributed by atoms with Crippen molar-refractivity contribution in [3.05, 3.63) is 30.6 Å². The highest BCUT2D eigenvalue weighted by molar-refractivity contribution is 5.60. The Hall–Kier alpha value is -2.04. The van der Waals surface area contributed by atoms with Crippen LogP contribution in [0.5, 0.6) is 0 Å². The SMILES string of the molecule is CCCNc1cc(-c2cncnc2)nc(CC)n1. The van der Waals surface area contributed by atoms with Crippen LogP contribution in [0.25, 0.3) is 11.3 Å². The van der Waals surface area contributed by atoms with E-state index in [4.69, 9.17) is 0 Å². The number of aryl methyl sites for hydroxylation is 1. The predicted molar refractivity (Wildman–Crippen MR) is 71.2 cm³/mol. The summed E-state index contributed by atoms with van der Waals surface area (Å²) < 4.78 is 0. The van der Waals surface area contributed by atoms with Gasteiger partial charge in [0.1, 0.15) is 18.0 Å². The molecule has 0 bridgehead atoms. The smallest absolute Gasteiger partial charge is 0.131 e. The first-order chi connectivity index (χ1) is 8.83. The van der Waals surface area contributed by atoms with Gasteiger partial charge in [-0.1, -0.05) is 13.8 Å². The van der Waals surface area contributed by atoms with E-state index >= 15 is 0 Å². The molecule has 0 aliphatic rings. The first-order valence-electron chi connectivity index (χ1n) is 6.20. The Kier molecular flexibility index (Phi) is 4.17. The molecule has 0 radical (unpaired) electrons. The van der Waals surface area contributed by atoms with Crippen molar-refractivity contribution in [1.29, 1.82) is 0 Å². The summed E-state index contributed by atoms with van der Waals surface area (Å²) in [5.74, 6) is 1.69. The molecular weight excluding hydrogens is 226 g/mol. The first kappa shape index (κ1) is 12.4. The predicted octanol–water partition coefficient (Wildman–Crippen LogP) is 2.32. The Morgan fingerprint density at radius 1 is 1.11 bits per heavy atom. The fraction of sp³-hybridized carbons (Fsp3) is 0.385. The van der Waals surface area contributed by atoms with Gasteiger partial charge in [-0.15, -0.1) is 0 Å². The molecule has 0 saturated heterocycles. The van der Waals surface area contributed by atoms with Crippen molar-refractivity contribution >= 4 is 5.82 Å². The largest absolute Gasteiger partial charge is 0.370 e. The Morgan fingerprint density at radius 3 is 2.56 bits per heavy atom. The van der Waals surface area contributed by atoms with Crippen LogP contribution in [0.2, 0.25) is 0 Å². The molecule has 2 heterocycles. The zero-order valence-corrected chi connectivity index (χ0v) is 10.7. The summed E-state index contributed by atoms with van der Waals surface area (Å²) in [6.45, 7) is 5.08. The Bertz CT molecular complexity index is 498. The van der Waals surface area contributed by atoms with Gasteiger partial charge >= 0.3 is 0 Å². The van der Waals surface area contributed by atoms with Gasteiger partial charge in [-0.3, -0.25) is 0 Å². The number of hydrogen-bond donors (Lipinski definition) is 1. The van der Waals surface area contributed by atoms with Crippen molar-refractivity contribution in [1.82, 2.24) is 19.9 Å². The lowest BCUT2D eigenvalue weighted by molar-refractivity contribution is 0.918. The number of rotatable bonds is 5. The van der Waals surface area contributed by atoms with Crippen molar-refractivity contribution < 1.29 is 0 Å². The van der Waals surface area contributed by atoms with Gasteiger partial charge in [-0.25, -0.2) is 19.9 Å². The number of nitrogens with zero attached hydrogens (tertiary/aromatic N) is 4. The molecule has 5 nitrogen and oxygen atoms in total. The quantitative estimate of drug-likeness (QED) is 0.873. The maximum absolute atomic E-state index is 4.50. The summed E-state index contributed by atoms with van der Waals surface area (Å²) in [6.07, 6.45) is 6.91. The van der Waals surface area contributed by atoms with Crippen LogP contribution in [0.1, 0.15) is 26.1 Å². The average molecular weight is 243 g/mol. The van der Waals surface area contributed by atoms with Gasteiger partial charge < -0.3 is 5.32 Å². The molecule has 2 aromatic heterocycles. The molecule has 0 fully saturated rings. The maximum Gasteiger partial charge on any atom is 0.131 e. The van der Waals surface area contributed by atoms with Crippen LogP contribution < -0.4 is 5.32 Å². The average Bonchev–Trinajstić information content (AvgIpc) is 2.45. The molecule has 0 amide bonds. The standard InChI is InChI=1S/C13H17N5/c1-3-5-16-13-6-11(17-12(4-2)18-13)10-7-14-9-15-8-10/h6-9H,3-5H2,1-2H3,(H,16,17,18). The molecule has 5 heteroatoms. The second-order valence-corrected chi connectivity index (χ2v) is 3.96. The minimum atomic E-state index is 0.808. The van der Waals surface area contributed by atoms with Crippen LogP contribution >= 0.6 is 0 Å². The summed E-state index contributed by atoms with van der Waals surface area (Å²) in [6, 6.07) is 1.94. The third-order valence-electron chi connectivity index (χ3n) is 2.50. The zero-order valence-electron chi connectivity index (χ0n) is 10.7. The van der Waals surface area contributed by atoms with E-state index in [9.17, 15) is 0 Å². The lowest BCUT2D eigenvalue weighted by Crippen LogP contribution is -2.05. The van der Waals surface area contributed by atoms with E-state index < -0.39 is 0 Å². The van der Waals surface area contributed by atoms with E-state index in [0.717, 1.165) is 42.3 Å². The van der Waals surface area contributed by atoms with Crippen LogP contribution in [0.15, 0.2) is 24.8 Å². The third kappa shape index (κ3) is 3.00. The van der Waals surface area contributed by atoms with E-state index in [-0.39, 0.29) is 0 Å². The second kappa shape index (κ2) is 6.05. The van der Waals surface area contributed by atoms with Crippen molar-refractivity contribution in [2.45, 2.75) is 26.7 Å². The fourth-order valence-corrected chi connectivity index (χ4v) is 1.58. The highest BCUT2D eigenvalue weighted by Gasteiger charge is 2.05. The van der Waals surface area contributed by atoms with Crippen molar-refractivity contribution in [3.63, 3.8) is 0 Å². The Balaban J connectivity index is 2.35. The van der Waals surface area contributed by atoms with Gasteiger partial charge in [0.05, 0.1) is 5.69 Å². The van der Waals surface area contributed by atoms with Crippen molar-refractivity contribution in [2.24, 2.45) is 0 Å². The minimum absolute atomic E-state index is 0.808. The van der Waals surface area contributed by atoms with Gasteiger partial charge in [0.15, 0.2) is 0 Å². The first-order valence-corrected chi connectivity index (χ1v) is 6.20. The van der Waals surface area contributed by atoms with E-state index in [1.54, 1.807) is 12.4 Å². The lowest BCUT2D eigenvalue weighted by Gasteiger charge is -2.08. The van der Waals surface area contributed by atoms with Crippen LogP contribution in [0, 0.1) is 0 Å².